The highest BCUT2D eigenvalue weighted by atomic mass is 19.3. The van der Waals surface area contributed by atoms with Gasteiger partial charge < -0.3 is 9.72 Å². The first-order valence-electron chi connectivity index (χ1n) is 6.59. The van der Waals surface area contributed by atoms with E-state index in [1.165, 1.54) is 6.92 Å². The van der Waals surface area contributed by atoms with Gasteiger partial charge >= 0.3 is 0 Å². The zero-order valence-corrected chi connectivity index (χ0v) is 12.5. The van der Waals surface area contributed by atoms with Gasteiger partial charge in [-0.3, -0.25) is 4.79 Å². The molecule has 5 nitrogen and oxygen atoms in total. The summed E-state index contributed by atoms with van der Waals surface area (Å²) in [5, 5.41) is 0. The molecule has 0 aliphatic heterocycles. The zero-order chi connectivity index (χ0) is 18.1. The smallest absolute Gasteiger partial charge is 0.294 e. The highest BCUT2D eigenvalue weighted by Crippen LogP contribution is 2.38. The Morgan fingerprint density at radius 2 is 2.04 bits per heavy atom. The van der Waals surface area contributed by atoms with Crippen LogP contribution >= 0.6 is 0 Å². The Balaban J connectivity index is 2.64. The van der Waals surface area contributed by atoms with Gasteiger partial charge in [-0.2, -0.15) is 8.78 Å². The van der Waals surface area contributed by atoms with Crippen LogP contribution in [0.15, 0.2) is 23.3 Å². The minimum absolute atomic E-state index is 0.132. The number of halogens is 4. The van der Waals surface area contributed by atoms with Gasteiger partial charge in [0.1, 0.15) is 5.75 Å². The zero-order valence-electron chi connectivity index (χ0n) is 12.5. The molecule has 1 aromatic carbocycles. The molecular formula is C15H11F4N3O2. The Morgan fingerprint density at radius 1 is 1.38 bits per heavy atom. The molecule has 9 heteroatoms. The molecule has 0 aliphatic carbocycles. The summed E-state index contributed by atoms with van der Waals surface area (Å²) in [4.78, 5) is 20.4. The number of nitrogens with one attached hydrogen (secondary N) is 1. The summed E-state index contributed by atoms with van der Waals surface area (Å²) in [6, 6.07) is 1.88. The summed E-state index contributed by atoms with van der Waals surface area (Å²) in [6.07, 6.45) is -2.11. The highest BCUT2D eigenvalue weighted by Gasteiger charge is 2.33. The molecule has 0 bridgehead atoms. The molecule has 0 saturated heterocycles. The molecular weight excluding hydrogens is 330 g/mol. The van der Waals surface area contributed by atoms with E-state index in [1.54, 1.807) is 0 Å². The van der Waals surface area contributed by atoms with E-state index in [4.69, 9.17) is 11.3 Å². The molecule has 0 unspecified atom stereocenters. The second kappa shape index (κ2) is 6.31. The van der Waals surface area contributed by atoms with E-state index < -0.39 is 34.9 Å². The lowest BCUT2D eigenvalue weighted by Gasteiger charge is -2.16. The van der Waals surface area contributed by atoms with Gasteiger partial charge in [0.05, 0.1) is 12.9 Å². The Bertz CT molecular complexity index is 866. The van der Waals surface area contributed by atoms with Crippen LogP contribution in [-0.4, -0.2) is 9.97 Å². The van der Waals surface area contributed by atoms with Crippen molar-refractivity contribution in [2.45, 2.75) is 26.2 Å². The molecule has 0 atom stereocenters. The predicted octanol–water partition coefficient (Wildman–Crippen LogP) is 4.47. The van der Waals surface area contributed by atoms with Gasteiger partial charge in [-0.05, 0) is 24.6 Å². The van der Waals surface area contributed by atoms with Gasteiger partial charge in [-0.25, -0.2) is 18.6 Å². The SMILES string of the molecule is [C-]#[N+]c1cc(C(F)F)cc(Oc2c(C(C)(F)F)nc[nH]c2=O)c1C. The van der Waals surface area contributed by atoms with Crippen molar-refractivity contribution in [3.63, 3.8) is 0 Å². The van der Waals surface area contributed by atoms with Crippen LogP contribution < -0.4 is 10.3 Å². The predicted molar refractivity (Wildman–Crippen MR) is 76.9 cm³/mol. The number of nitrogens with zero attached hydrogens (tertiary/aromatic N) is 2. The summed E-state index contributed by atoms with van der Waals surface area (Å²) >= 11 is 0. The number of rotatable bonds is 4. The molecule has 1 N–H and O–H groups in total. The van der Waals surface area contributed by atoms with Crippen molar-refractivity contribution in [1.82, 2.24) is 9.97 Å². The first-order valence-corrected chi connectivity index (χ1v) is 6.59. The van der Waals surface area contributed by atoms with Crippen molar-refractivity contribution < 1.29 is 22.3 Å². The van der Waals surface area contributed by atoms with Crippen molar-refractivity contribution in [2.75, 3.05) is 0 Å². The van der Waals surface area contributed by atoms with Crippen molar-refractivity contribution in [3.05, 3.63) is 57.1 Å². The molecule has 1 aromatic heterocycles. The molecule has 1 heterocycles. The topological polar surface area (TPSA) is 59.3 Å². The van der Waals surface area contributed by atoms with Crippen molar-refractivity contribution in [1.29, 1.82) is 0 Å². The van der Waals surface area contributed by atoms with E-state index in [0.29, 0.717) is 6.92 Å². The minimum atomic E-state index is -3.49. The fourth-order valence-corrected chi connectivity index (χ4v) is 1.95. The van der Waals surface area contributed by atoms with Crippen LogP contribution in [0.4, 0.5) is 23.2 Å². The van der Waals surface area contributed by atoms with Gasteiger partial charge in [0.15, 0.2) is 11.4 Å². The largest absolute Gasteiger partial charge is 0.450 e. The Labute approximate surface area is 133 Å². The van der Waals surface area contributed by atoms with Gasteiger partial charge in [-0.15, -0.1) is 0 Å². The third kappa shape index (κ3) is 3.37. The maximum absolute atomic E-state index is 13.6. The van der Waals surface area contributed by atoms with Crippen LogP contribution in [0, 0.1) is 13.5 Å². The van der Waals surface area contributed by atoms with Crippen molar-refractivity contribution in [2.24, 2.45) is 0 Å². The summed E-state index contributed by atoms with van der Waals surface area (Å²) < 4.78 is 58.2. The monoisotopic (exact) mass is 341 g/mol. The average Bonchev–Trinajstić information content (AvgIpc) is 2.49. The van der Waals surface area contributed by atoms with E-state index in [9.17, 15) is 22.4 Å². The van der Waals surface area contributed by atoms with E-state index in [1.807, 2.05) is 0 Å². The van der Waals surface area contributed by atoms with Crippen LogP contribution in [0.3, 0.4) is 0 Å². The number of H-pyrrole nitrogens is 1. The lowest BCUT2D eigenvalue weighted by Crippen LogP contribution is -2.19. The summed E-state index contributed by atoms with van der Waals surface area (Å²) in [6.45, 7) is 8.92. The van der Waals surface area contributed by atoms with Gasteiger partial charge in [-0.1, -0.05) is 0 Å². The quantitative estimate of drug-likeness (QED) is 0.659. The van der Waals surface area contributed by atoms with Crippen LogP contribution in [0.5, 0.6) is 11.5 Å². The second-order valence-corrected chi connectivity index (χ2v) is 4.98. The van der Waals surface area contributed by atoms with Gasteiger partial charge in [0.25, 0.3) is 17.9 Å². The van der Waals surface area contributed by atoms with E-state index >= 15 is 0 Å². The molecule has 0 saturated carbocycles. The number of hydrogen-bond donors (Lipinski definition) is 1. The molecule has 0 amide bonds. The van der Waals surface area contributed by atoms with Gasteiger partial charge in [0, 0.05) is 12.5 Å². The number of benzene rings is 1. The van der Waals surface area contributed by atoms with Gasteiger partial charge in [0.2, 0.25) is 5.75 Å². The summed E-state index contributed by atoms with van der Waals surface area (Å²) in [5.41, 5.74) is -2.44. The summed E-state index contributed by atoms with van der Waals surface area (Å²) in [5.74, 6) is -4.58. The molecule has 0 spiro atoms. The number of aromatic amines is 1. The maximum Gasteiger partial charge on any atom is 0.294 e. The van der Waals surface area contributed by atoms with E-state index in [-0.39, 0.29) is 17.0 Å². The first kappa shape index (κ1) is 17.5. The second-order valence-electron chi connectivity index (χ2n) is 4.98. The molecule has 0 fully saturated rings. The standard InChI is InChI=1S/C15H11F4N3O2/c1-7-9(20-3)4-8(13(16)17)5-10(7)24-11-12(15(2,18)19)21-6-22-14(11)23/h4-6,13H,1-2H3,(H,21,22,23). The van der Waals surface area contributed by atoms with E-state index in [0.717, 1.165) is 18.5 Å². The molecule has 2 aromatic rings. The lowest BCUT2D eigenvalue weighted by molar-refractivity contribution is 0.0103. The Kier molecular flexibility index (Phi) is 4.59. The van der Waals surface area contributed by atoms with Crippen LogP contribution in [0.2, 0.25) is 0 Å². The Hall–Kier alpha value is -2.89. The lowest BCUT2D eigenvalue weighted by atomic mass is 10.1. The molecule has 24 heavy (non-hydrogen) atoms. The third-order valence-corrected chi connectivity index (χ3v) is 3.17. The van der Waals surface area contributed by atoms with Crippen LogP contribution in [0.25, 0.3) is 4.85 Å². The van der Waals surface area contributed by atoms with Crippen LogP contribution in [-0.2, 0) is 5.92 Å². The fourth-order valence-electron chi connectivity index (χ4n) is 1.95. The normalized spacial score (nSPS) is 11.4. The molecule has 126 valence electrons. The Morgan fingerprint density at radius 3 is 2.58 bits per heavy atom. The molecule has 2 rings (SSSR count). The highest BCUT2D eigenvalue weighted by molar-refractivity contribution is 5.60. The molecule has 0 aliphatic rings. The number of ether oxygens (including phenoxy) is 1. The first-order chi connectivity index (χ1) is 11.1. The fraction of sp³-hybridized carbons (Fsp3) is 0.267. The number of aromatic nitrogens is 2. The van der Waals surface area contributed by atoms with Crippen molar-refractivity contribution in [3.8, 4) is 11.5 Å². The van der Waals surface area contributed by atoms with Crippen molar-refractivity contribution >= 4 is 5.69 Å². The minimum Gasteiger partial charge on any atom is -0.450 e. The summed E-state index contributed by atoms with van der Waals surface area (Å²) in [7, 11) is 0. The number of alkyl halides is 4. The van der Waals surface area contributed by atoms with Crippen LogP contribution in [0.1, 0.15) is 30.2 Å². The number of hydrogen-bond acceptors (Lipinski definition) is 3. The molecule has 0 radical (unpaired) electrons. The van der Waals surface area contributed by atoms with E-state index in [2.05, 4.69) is 14.8 Å². The maximum atomic E-state index is 13.6. The average molecular weight is 341 g/mol. The third-order valence-electron chi connectivity index (χ3n) is 3.17.